The van der Waals surface area contributed by atoms with Gasteiger partial charge in [0.2, 0.25) is 0 Å². The summed E-state index contributed by atoms with van der Waals surface area (Å²) in [6.07, 6.45) is 10.8. The Morgan fingerprint density at radius 1 is 1.24 bits per heavy atom. The van der Waals surface area contributed by atoms with Crippen LogP contribution in [-0.4, -0.2) is 47.5 Å². The zero-order valence-corrected chi connectivity index (χ0v) is 14.8. The lowest BCUT2D eigenvalue weighted by Crippen LogP contribution is -2.48. The van der Waals surface area contributed by atoms with Crippen molar-refractivity contribution in [3.63, 3.8) is 0 Å². The summed E-state index contributed by atoms with van der Waals surface area (Å²) in [6.45, 7) is 3.38. The molecule has 3 nitrogen and oxygen atoms in total. The van der Waals surface area contributed by atoms with Gasteiger partial charge < -0.3 is 10.2 Å². The van der Waals surface area contributed by atoms with E-state index in [9.17, 15) is 0 Å². The topological polar surface area (TPSA) is 27.6 Å². The van der Waals surface area contributed by atoms with Crippen molar-refractivity contribution in [3.05, 3.63) is 0 Å². The summed E-state index contributed by atoms with van der Waals surface area (Å²) in [5.41, 5.74) is 0.687. The highest BCUT2D eigenvalue weighted by atomic mass is 32.2. The standard InChI is InChI=1S/C17H31N3S/c1-14-7-6-8-16(11-14)13-21-15(19-16)18-12-17(20(2)3)9-4-5-10-17/h14H,4-13H2,1-3H3,(H,18,19). The number of amidine groups is 1. The molecule has 21 heavy (non-hydrogen) atoms. The lowest BCUT2D eigenvalue weighted by Gasteiger charge is -2.37. The fourth-order valence-corrected chi connectivity index (χ4v) is 5.69. The van der Waals surface area contributed by atoms with Crippen molar-refractivity contribution in [3.8, 4) is 0 Å². The summed E-state index contributed by atoms with van der Waals surface area (Å²) >= 11 is 1.96. The molecule has 0 aromatic heterocycles. The second-order valence-corrected chi connectivity index (χ2v) is 8.81. The highest BCUT2D eigenvalue weighted by molar-refractivity contribution is 8.14. The Balaban J connectivity index is 1.63. The van der Waals surface area contributed by atoms with Gasteiger partial charge in [-0.05, 0) is 45.7 Å². The second-order valence-electron chi connectivity index (χ2n) is 7.84. The third kappa shape index (κ3) is 3.26. The maximum absolute atomic E-state index is 5.00. The molecule has 4 heteroatoms. The van der Waals surface area contributed by atoms with Gasteiger partial charge in [-0.15, -0.1) is 0 Å². The SMILES string of the molecule is CC1CCCC2(CSC(=NCC3(N(C)C)CCCC3)N2)C1. The van der Waals surface area contributed by atoms with Crippen molar-refractivity contribution in [2.45, 2.75) is 69.4 Å². The van der Waals surface area contributed by atoms with Gasteiger partial charge in [0.1, 0.15) is 0 Å². The second kappa shape index (κ2) is 6.11. The van der Waals surface area contributed by atoms with Crippen LogP contribution in [0.15, 0.2) is 4.99 Å². The van der Waals surface area contributed by atoms with Gasteiger partial charge in [0.25, 0.3) is 0 Å². The lowest BCUT2D eigenvalue weighted by molar-refractivity contribution is 0.167. The van der Waals surface area contributed by atoms with Crippen LogP contribution in [0.5, 0.6) is 0 Å². The van der Waals surface area contributed by atoms with Gasteiger partial charge in [0, 0.05) is 16.8 Å². The van der Waals surface area contributed by atoms with Gasteiger partial charge in [-0.3, -0.25) is 4.99 Å². The van der Waals surface area contributed by atoms with E-state index in [1.165, 1.54) is 62.3 Å². The van der Waals surface area contributed by atoms with Crippen molar-refractivity contribution in [1.82, 2.24) is 10.2 Å². The highest BCUT2D eigenvalue weighted by Gasteiger charge is 2.41. The molecule has 0 aromatic carbocycles. The molecule has 1 saturated heterocycles. The third-order valence-electron chi connectivity index (χ3n) is 5.95. The third-order valence-corrected chi connectivity index (χ3v) is 7.15. The van der Waals surface area contributed by atoms with E-state index < -0.39 is 0 Å². The molecule has 1 spiro atoms. The highest BCUT2D eigenvalue weighted by Crippen LogP contribution is 2.39. The molecular formula is C17H31N3S. The normalized spacial score (nSPS) is 37.5. The van der Waals surface area contributed by atoms with Crippen LogP contribution in [0.1, 0.15) is 58.3 Å². The molecule has 0 aromatic rings. The average Bonchev–Trinajstić information content (AvgIpc) is 3.05. The van der Waals surface area contributed by atoms with Crippen LogP contribution < -0.4 is 5.32 Å². The largest absolute Gasteiger partial charge is 0.359 e. The first-order valence-corrected chi connectivity index (χ1v) is 9.65. The van der Waals surface area contributed by atoms with E-state index >= 15 is 0 Å². The molecule has 0 bridgehead atoms. The molecule has 0 amide bonds. The first-order chi connectivity index (χ1) is 10.0. The summed E-state index contributed by atoms with van der Waals surface area (Å²) in [5, 5.41) is 5.03. The number of aliphatic imine (C=N–C) groups is 1. The fourth-order valence-electron chi connectivity index (χ4n) is 4.49. The average molecular weight is 310 g/mol. The summed E-state index contributed by atoms with van der Waals surface area (Å²) in [4.78, 5) is 7.42. The molecule has 1 aliphatic heterocycles. The Morgan fingerprint density at radius 3 is 2.67 bits per heavy atom. The Hall–Kier alpha value is -0.220. The van der Waals surface area contributed by atoms with Crippen molar-refractivity contribution in [2.75, 3.05) is 26.4 Å². The van der Waals surface area contributed by atoms with Gasteiger partial charge in [-0.1, -0.05) is 44.4 Å². The van der Waals surface area contributed by atoms with Gasteiger partial charge in [0.05, 0.1) is 6.54 Å². The zero-order valence-electron chi connectivity index (χ0n) is 14.0. The first kappa shape index (κ1) is 15.7. The van der Waals surface area contributed by atoms with Crippen LogP contribution in [0.3, 0.4) is 0 Å². The molecule has 3 aliphatic rings. The first-order valence-electron chi connectivity index (χ1n) is 8.67. The van der Waals surface area contributed by atoms with Crippen molar-refractivity contribution < 1.29 is 0 Å². The van der Waals surface area contributed by atoms with Crippen LogP contribution in [0.25, 0.3) is 0 Å². The van der Waals surface area contributed by atoms with Crippen molar-refractivity contribution >= 4 is 16.9 Å². The minimum atomic E-state index is 0.324. The number of hydrogen-bond acceptors (Lipinski definition) is 3. The number of hydrogen-bond donors (Lipinski definition) is 1. The number of likely N-dealkylation sites (N-methyl/N-ethyl adjacent to an activating group) is 1. The predicted octanol–water partition coefficient (Wildman–Crippen LogP) is 3.50. The molecule has 1 N–H and O–H groups in total. The van der Waals surface area contributed by atoms with E-state index in [0.29, 0.717) is 11.1 Å². The minimum Gasteiger partial charge on any atom is -0.359 e. The smallest absolute Gasteiger partial charge is 0.157 e. The maximum Gasteiger partial charge on any atom is 0.157 e. The summed E-state index contributed by atoms with van der Waals surface area (Å²) < 4.78 is 0. The minimum absolute atomic E-state index is 0.324. The number of rotatable bonds is 3. The van der Waals surface area contributed by atoms with E-state index in [0.717, 1.165) is 12.5 Å². The predicted molar refractivity (Wildman–Crippen MR) is 93.1 cm³/mol. The monoisotopic (exact) mass is 309 g/mol. The van der Waals surface area contributed by atoms with Gasteiger partial charge >= 0.3 is 0 Å². The van der Waals surface area contributed by atoms with E-state index in [1.807, 2.05) is 11.8 Å². The van der Waals surface area contributed by atoms with Crippen LogP contribution in [-0.2, 0) is 0 Å². The van der Waals surface area contributed by atoms with Crippen molar-refractivity contribution in [1.29, 1.82) is 0 Å². The quantitative estimate of drug-likeness (QED) is 0.864. The molecule has 2 unspecified atom stereocenters. The zero-order chi connectivity index (χ0) is 14.9. The molecule has 3 fully saturated rings. The molecule has 1 heterocycles. The Kier molecular flexibility index (Phi) is 4.56. The fraction of sp³-hybridized carbons (Fsp3) is 0.941. The molecule has 2 atom stereocenters. The van der Waals surface area contributed by atoms with E-state index in [1.54, 1.807) is 0 Å². The van der Waals surface area contributed by atoms with E-state index in [2.05, 4.69) is 31.2 Å². The number of nitrogens with zero attached hydrogens (tertiary/aromatic N) is 2. The molecule has 3 rings (SSSR count). The number of thioether (sulfide) groups is 1. The van der Waals surface area contributed by atoms with Crippen LogP contribution >= 0.6 is 11.8 Å². The summed E-state index contributed by atoms with van der Waals surface area (Å²) in [5.74, 6) is 2.10. The van der Waals surface area contributed by atoms with Crippen molar-refractivity contribution in [2.24, 2.45) is 10.9 Å². The Morgan fingerprint density at radius 2 is 2.00 bits per heavy atom. The maximum atomic E-state index is 5.00. The molecule has 2 aliphatic carbocycles. The van der Waals surface area contributed by atoms with Gasteiger partial charge in [0.15, 0.2) is 5.17 Å². The molecular weight excluding hydrogens is 278 g/mol. The Bertz CT molecular complexity index is 401. The van der Waals surface area contributed by atoms with Gasteiger partial charge in [-0.25, -0.2) is 0 Å². The van der Waals surface area contributed by atoms with E-state index in [-0.39, 0.29) is 0 Å². The summed E-state index contributed by atoms with van der Waals surface area (Å²) in [6, 6.07) is 0. The number of nitrogens with one attached hydrogen (secondary N) is 1. The van der Waals surface area contributed by atoms with Crippen LogP contribution in [0, 0.1) is 5.92 Å². The molecule has 2 saturated carbocycles. The van der Waals surface area contributed by atoms with Crippen LogP contribution in [0.2, 0.25) is 0 Å². The molecule has 0 radical (unpaired) electrons. The van der Waals surface area contributed by atoms with E-state index in [4.69, 9.17) is 4.99 Å². The van der Waals surface area contributed by atoms with Gasteiger partial charge in [-0.2, -0.15) is 0 Å². The Labute approximate surface area is 134 Å². The summed E-state index contributed by atoms with van der Waals surface area (Å²) in [7, 11) is 4.45. The van der Waals surface area contributed by atoms with Crippen LogP contribution in [0.4, 0.5) is 0 Å². The molecule has 120 valence electrons. The lowest BCUT2D eigenvalue weighted by atomic mass is 9.78.